The molecule has 3 N–H and O–H groups in total. The molecule has 170 valence electrons. The summed E-state index contributed by atoms with van der Waals surface area (Å²) in [5, 5.41) is 17.1. The van der Waals surface area contributed by atoms with Crippen LogP contribution in [-0.2, 0) is 13.1 Å². The summed E-state index contributed by atoms with van der Waals surface area (Å²) in [6, 6.07) is 15.9. The molecule has 2 aromatic carbocycles. The number of aliphatic hydroxyl groups excluding tert-OH is 1. The predicted molar refractivity (Wildman–Crippen MR) is 128 cm³/mol. The zero-order valence-electron chi connectivity index (χ0n) is 19.0. The number of nitrogens with zero attached hydrogens (tertiary/aromatic N) is 3. The summed E-state index contributed by atoms with van der Waals surface area (Å²) in [6.07, 6.45) is 4.96. The zero-order valence-corrected chi connectivity index (χ0v) is 19.0. The van der Waals surface area contributed by atoms with Gasteiger partial charge in [0.15, 0.2) is 5.96 Å². The van der Waals surface area contributed by atoms with Crippen LogP contribution in [0.25, 0.3) is 0 Å². The van der Waals surface area contributed by atoms with Gasteiger partial charge in [0.25, 0.3) is 0 Å². The van der Waals surface area contributed by atoms with Gasteiger partial charge in [-0.3, -0.25) is 0 Å². The number of imidazole rings is 1. The highest BCUT2D eigenvalue weighted by Gasteiger charge is 2.10. The van der Waals surface area contributed by atoms with Crippen molar-refractivity contribution in [1.82, 2.24) is 20.2 Å². The predicted octanol–water partition coefficient (Wildman–Crippen LogP) is 3.51. The maximum Gasteiger partial charge on any atom is 0.191 e. The molecule has 0 fully saturated rings. The molecule has 7 heteroatoms. The van der Waals surface area contributed by atoms with Gasteiger partial charge in [-0.2, -0.15) is 0 Å². The first-order chi connectivity index (χ1) is 15.5. The van der Waals surface area contributed by atoms with E-state index in [1.165, 1.54) is 5.56 Å². The van der Waals surface area contributed by atoms with Crippen molar-refractivity contribution >= 4 is 5.96 Å². The van der Waals surface area contributed by atoms with Crippen LogP contribution in [0.1, 0.15) is 43.6 Å². The number of benzene rings is 2. The zero-order chi connectivity index (χ0) is 22.8. The molecular weight excluding hydrogens is 402 g/mol. The fourth-order valence-corrected chi connectivity index (χ4v) is 3.31. The van der Waals surface area contributed by atoms with E-state index in [9.17, 15) is 5.11 Å². The van der Waals surface area contributed by atoms with Crippen molar-refractivity contribution in [2.24, 2.45) is 4.99 Å². The summed E-state index contributed by atoms with van der Waals surface area (Å²) < 4.78 is 7.76. The standard InChI is InChI=1S/C25H33N5O2/c1-4-27-25(29-16-24(31)22-9-6-10-23(14-22)32-19(2)3)28-15-20-7-5-8-21(13-20)17-30-12-11-26-18-30/h5-14,18-19,24,31H,4,15-17H2,1-3H3,(H2,27,28,29). The van der Waals surface area contributed by atoms with Gasteiger partial charge < -0.3 is 25.0 Å². The van der Waals surface area contributed by atoms with Crippen LogP contribution in [0.5, 0.6) is 5.75 Å². The van der Waals surface area contributed by atoms with Gasteiger partial charge in [-0.15, -0.1) is 0 Å². The number of hydrogen-bond donors (Lipinski definition) is 3. The molecule has 0 saturated heterocycles. The van der Waals surface area contributed by atoms with Gasteiger partial charge in [0, 0.05) is 32.0 Å². The number of guanidine groups is 1. The molecule has 0 amide bonds. The van der Waals surface area contributed by atoms with Gasteiger partial charge in [-0.05, 0) is 49.6 Å². The normalized spacial score (nSPS) is 12.6. The van der Waals surface area contributed by atoms with E-state index in [1.807, 2.05) is 68.2 Å². The minimum Gasteiger partial charge on any atom is -0.491 e. The molecule has 3 rings (SSSR count). The van der Waals surface area contributed by atoms with Crippen LogP contribution in [-0.4, -0.2) is 39.8 Å². The second kappa shape index (κ2) is 11.9. The largest absolute Gasteiger partial charge is 0.491 e. The van der Waals surface area contributed by atoms with E-state index >= 15 is 0 Å². The first kappa shape index (κ1) is 23.3. The molecule has 0 saturated carbocycles. The molecule has 0 aliphatic carbocycles. The second-order valence-corrected chi connectivity index (χ2v) is 7.89. The number of ether oxygens (including phenoxy) is 1. The Morgan fingerprint density at radius 2 is 1.94 bits per heavy atom. The monoisotopic (exact) mass is 435 g/mol. The van der Waals surface area contributed by atoms with Gasteiger partial charge in [0.1, 0.15) is 5.75 Å². The van der Waals surface area contributed by atoms with Crippen LogP contribution >= 0.6 is 0 Å². The Kier molecular flexibility index (Phi) is 8.69. The third kappa shape index (κ3) is 7.42. The lowest BCUT2D eigenvalue weighted by Gasteiger charge is -2.17. The molecule has 1 unspecified atom stereocenters. The molecule has 32 heavy (non-hydrogen) atoms. The van der Waals surface area contributed by atoms with Gasteiger partial charge in [-0.1, -0.05) is 36.4 Å². The Labute approximate surface area is 190 Å². The summed E-state index contributed by atoms with van der Waals surface area (Å²) in [6.45, 7) is 8.39. The van der Waals surface area contributed by atoms with Crippen molar-refractivity contribution in [3.63, 3.8) is 0 Å². The van der Waals surface area contributed by atoms with Crippen LogP contribution in [0.15, 0.2) is 72.2 Å². The quantitative estimate of drug-likeness (QED) is 0.335. The van der Waals surface area contributed by atoms with Crippen molar-refractivity contribution in [2.75, 3.05) is 13.1 Å². The molecule has 0 aliphatic rings. The molecular formula is C25H33N5O2. The van der Waals surface area contributed by atoms with Gasteiger partial charge in [-0.25, -0.2) is 9.98 Å². The highest BCUT2D eigenvalue weighted by molar-refractivity contribution is 5.79. The van der Waals surface area contributed by atoms with E-state index in [4.69, 9.17) is 4.74 Å². The highest BCUT2D eigenvalue weighted by atomic mass is 16.5. The van der Waals surface area contributed by atoms with Crippen LogP contribution in [0, 0.1) is 0 Å². The molecule has 1 heterocycles. The number of hydrogen-bond acceptors (Lipinski definition) is 4. The smallest absolute Gasteiger partial charge is 0.191 e. The maximum atomic E-state index is 10.6. The second-order valence-electron chi connectivity index (χ2n) is 7.89. The summed E-state index contributed by atoms with van der Waals surface area (Å²) in [7, 11) is 0. The molecule has 3 aromatic rings. The van der Waals surface area contributed by atoms with Crippen molar-refractivity contribution < 1.29 is 9.84 Å². The topological polar surface area (TPSA) is 83.7 Å². The van der Waals surface area contributed by atoms with E-state index < -0.39 is 6.10 Å². The average molecular weight is 436 g/mol. The first-order valence-electron chi connectivity index (χ1n) is 11.0. The number of aromatic nitrogens is 2. The Hall–Kier alpha value is -3.32. The molecule has 7 nitrogen and oxygen atoms in total. The third-order valence-electron chi connectivity index (χ3n) is 4.76. The summed E-state index contributed by atoms with van der Waals surface area (Å²) >= 11 is 0. The number of nitrogens with one attached hydrogen (secondary N) is 2. The van der Waals surface area contributed by atoms with Crippen LogP contribution in [0.2, 0.25) is 0 Å². The summed E-state index contributed by atoms with van der Waals surface area (Å²) in [4.78, 5) is 8.78. The summed E-state index contributed by atoms with van der Waals surface area (Å²) in [5.74, 6) is 1.42. The van der Waals surface area contributed by atoms with E-state index in [0.717, 1.165) is 30.0 Å². The lowest BCUT2D eigenvalue weighted by atomic mass is 10.1. The van der Waals surface area contributed by atoms with Gasteiger partial charge in [0.2, 0.25) is 0 Å². The van der Waals surface area contributed by atoms with E-state index in [-0.39, 0.29) is 6.10 Å². The Morgan fingerprint density at radius 1 is 1.12 bits per heavy atom. The fourth-order valence-electron chi connectivity index (χ4n) is 3.31. The van der Waals surface area contributed by atoms with E-state index in [2.05, 4.69) is 38.8 Å². The van der Waals surface area contributed by atoms with E-state index in [0.29, 0.717) is 19.0 Å². The molecule has 1 atom stereocenters. The Morgan fingerprint density at radius 3 is 2.69 bits per heavy atom. The van der Waals surface area contributed by atoms with Crippen molar-refractivity contribution in [1.29, 1.82) is 0 Å². The molecule has 0 radical (unpaired) electrons. The average Bonchev–Trinajstić information content (AvgIpc) is 3.28. The fraction of sp³-hybridized carbons (Fsp3) is 0.360. The Bertz CT molecular complexity index is 986. The number of aliphatic imine (C=N–C) groups is 1. The minimum atomic E-state index is -0.673. The molecule has 0 aliphatic heterocycles. The minimum absolute atomic E-state index is 0.0893. The number of rotatable bonds is 10. The van der Waals surface area contributed by atoms with Crippen LogP contribution in [0.4, 0.5) is 0 Å². The number of aliphatic hydroxyl groups is 1. The molecule has 0 bridgehead atoms. The van der Waals surface area contributed by atoms with Gasteiger partial charge >= 0.3 is 0 Å². The molecule has 1 aromatic heterocycles. The highest BCUT2D eigenvalue weighted by Crippen LogP contribution is 2.20. The SMILES string of the molecule is CCNC(=NCc1cccc(Cn2ccnc2)c1)NCC(O)c1cccc(OC(C)C)c1. The lowest BCUT2D eigenvalue weighted by molar-refractivity contribution is 0.179. The Balaban J connectivity index is 1.59. The van der Waals surface area contributed by atoms with Crippen molar-refractivity contribution in [3.8, 4) is 5.75 Å². The van der Waals surface area contributed by atoms with Crippen molar-refractivity contribution in [3.05, 3.63) is 83.9 Å². The maximum absolute atomic E-state index is 10.6. The van der Waals surface area contributed by atoms with Crippen molar-refractivity contribution in [2.45, 2.75) is 46.1 Å². The lowest BCUT2D eigenvalue weighted by Crippen LogP contribution is -2.39. The third-order valence-corrected chi connectivity index (χ3v) is 4.76. The summed E-state index contributed by atoms with van der Waals surface area (Å²) in [5.41, 5.74) is 3.13. The van der Waals surface area contributed by atoms with E-state index in [1.54, 1.807) is 6.20 Å². The molecule has 0 spiro atoms. The van der Waals surface area contributed by atoms with Crippen LogP contribution in [0.3, 0.4) is 0 Å². The first-order valence-corrected chi connectivity index (χ1v) is 11.0. The van der Waals surface area contributed by atoms with Gasteiger partial charge in [0.05, 0.1) is 25.1 Å². The van der Waals surface area contributed by atoms with Crippen LogP contribution < -0.4 is 15.4 Å².